The molecule has 0 amide bonds. The minimum absolute atomic E-state index is 0.108. The first-order valence-electron chi connectivity index (χ1n) is 6.70. The van der Waals surface area contributed by atoms with Gasteiger partial charge < -0.3 is 15.2 Å². The van der Waals surface area contributed by atoms with Crippen molar-refractivity contribution in [1.82, 2.24) is 14.8 Å². The Morgan fingerprint density at radius 1 is 1.35 bits per heavy atom. The summed E-state index contributed by atoms with van der Waals surface area (Å²) < 4.78 is 12.9. The molecule has 0 radical (unpaired) electrons. The summed E-state index contributed by atoms with van der Waals surface area (Å²) in [5.41, 5.74) is 7.68. The largest absolute Gasteiger partial charge is 0.489 e. The molecule has 2 heterocycles. The van der Waals surface area contributed by atoms with E-state index in [1.54, 1.807) is 17.1 Å². The highest BCUT2D eigenvalue weighted by atomic mass is 16.5. The van der Waals surface area contributed by atoms with Gasteiger partial charge >= 0.3 is 0 Å². The predicted molar refractivity (Wildman–Crippen MR) is 77.4 cm³/mol. The van der Waals surface area contributed by atoms with Crippen LogP contribution in [0, 0.1) is 0 Å². The molecule has 0 aliphatic rings. The predicted octanol–water partition coefficient (Wildman–Crippen LogP) is 2.48. The van der Waals surface area contributed by atoms with Crippen LogP contribution in [0.5, 0.6) is 5.75 Å². The summed E-state index contributed by atoms with van der Waals surface area (Å²) in [4.78, 5) is 4.06. The molecule has 20 heavy (non-hydrogen) atoms. The lowest BCUT2D eigenvalue weighted by Crippen LogP contribution is -2.09. The Morgan fingerprint density at radius 2 is 2.15 bits per heavy atom. The third-order valence-electron chi connectivity index (χ3n) is 2.91. The maximum atomic E-state index is 5.87. The van der Waals surface area contributed by atoms with Gasteiger partial charge in [0.2, 0.25) is 0 Å². The van der Waals surface area contributed by atoms with Crippen LogP contribution in [0.3, 0.4) is 0 Å². The van der Waals surface area contributed by atoms with Gasteiger partial charge in [0.15, 0.2) is 11.6 Å². The van der Waals surface area contributed by atoms with Crippen LogP contribution in [0.2, 0.25) is 0 Å². The average Bonchev–Trinajstić information content (AvgIpc) is 2.91. The molecule has 0 bridgehead atoms. The zero-order valence-corrected chi connectivity index (χ0v) is 12.0. The van der Waals surface area contributed by atoms with Gasteiger partial charge in [0.1, 0.15) is 6.23 Å². The number of hydrogen-bond acceptors (Lipinski definition) is 5. The number of nitrogens with zero attached hydrogens (tertiary/aromatic N) is 3. The SMILES string of the molecule is CCOc1c(-c2cnn(C(C)OCC)c2)ccnc1N. The lowest BCUT2D eigenvalue weighted by molar-refractivity contribution is 0.0160. The molecule has 108 valence electrons. The fourth-order valence-electron chi connectivity index (χ4n) is 1.98. The summed E-state index contributed by atoms with van der Waals surface area (Å²) in [6.07, 6.45) is 5.24. The third kappa shape index (κ3) is 2.91. The van der Waals surface area contributed by atoms with E-state index in [1.165, 1.54) is 0 Å². The summed E-state index contributed by atoms with van der Waals surface area (Å²) in [6, 6.07) is 1.87. The average molecular weight is 276 g/mol. The van der Waals surface area contributed by atoms with Crippen molar-refractivity contribution >= 4 is 5.82 Å². The molecule has 2 rings (SSSR count). The van der Waals surface area contributed by atoms with E-state index in [2.05, 4.69) is 10.1 Å². The van der Waals surface area contributed by atoms with Gasteiger partial charge in [-0.3, -0.25) is 0 Å². The Bertz CT molecular complexity index is 568. The zero-order chi connectivity index (χ0) is 14.5. The van der Waals surface area contributed by atoms with Crippen molar-refractivity contribution in [3.8, 4) is 16.9 Å². The number of ether oxygens (including phenoxy) is 2. The molecular weight excluding hydrogens is 256 g/mol. The van der Waals surface area contributed by atoms with Crippen LogP contribution in [0.15, 0.2) is 24.7 Å². The maximum Gasteiger partial charge on any atom is 0.169 e. The molecule has 0 fully saturated rings. The van der Waals surface area contributed by atoms with Gasteiger partial charge in [0.25, 0.3) is 0 Å². The van der Waals surface area contributed by atoms with E-state index in [0.29, 0.717) is 24.8 Å². The Labute approximate surface area is 118 Å². The summed E-state index contributed by atoms with van der Waals surface area (Å²) in [5.74, 6) is 0.980. The fraction of sp³-hybridized carbons (Fsp3) is 0.429. The first-order valence-corrected chi connectivity index (χ1v) is 6.70. The van der Waals surface area contributed by atoms with Crippen LogP contribution in [-0.4, -0.2) is 28.0 Å². The van der Waals surface area contributed by atoms with E-state index in [9.17, 15) is 0 Å². The van der Waals surface area contributed by atoms with Crippen LogP contribution >= 0.6 is 0 Å². The zero-order valence-electron chi connectivity index (χ0n) is 12.0. The number of rotatable bonds is 6. The van der Waals surface area contributed by atoms with Crippen molar-refractivity contribution in [2.45, 2.75) is 27.0 Å². The van der Waals surface area contributed by atoms with Gasteiger partial charge in [-0.25, -0.2) is 9.67 Å². The lowest BCUT2D eigenvalue weighted by atomic mass is 10.1. The van der Waals surface area contributed by atoms with Crippen LogP contribution in [0.4, 0.5) is 5.82 Å². The molecule has 1 atom stereocenters. The molecule has 2 aromatic heterocycles. The molecule has 0 saturated carbocycles. The first kappa shape index (κ1) is 14.3. The maximum absolute atomic E-state index is 5.87. The quantitative estimate of drug-likeness (QED) is 0.877. The lowest BCUT2D eigenvalue weighted by Gasteiger charge is -2.12. The van der Waals surface area contributed by atoms with Gasteiger partial charge in [0.05, 0.1) is 12.8 Å². The van der Waals surface area contributed by atoms with Crippen LogP contribution in [0.25, 0.3) is 11.1 Å². The summed E-state index contributed by atoms with van der Waals surface area (Å²) in [6.45, 7) is 6.99. The van der Waals surface area contributed by atoms with Gasteiger partial charge in [-0.2, -0.15) is 5.10 Å². The summed E-state index contributed by atoms with van der Waals surface area (Å²) in [7, 11) is 0. The highest BCUT2D eigenvalue weighted by Gasteiger charge is 2.14. The van der Waals surface area contributed by atoms with Crippen molar-refractivity contribution in [2.24, 2.45) is 0 Å². The Hall–Kier alpha value is -2.08. The molecule has 2 aromatic rings. The van der Waals surface area contributed by atoms with Gasteiger partial charge in [0, 0.05) is 30.1 Å². The number of hydrogen-bond donors (Lipinski definition) is 1. The van der Waals surface area contributed by atoms with Gasteiger partial charge in [-0.15, -0.1) is 0 Å². The molecule has 2 N–H and O–H groups in total. The molecular formula is C14H20N4O2. The van der Waals surface area contributed by atoms with Crippen molar-refractivity contribution in [1.29, 1.82) is 0 Å². The summed E-state index contributed by atoms with van der Waals surface area (Å²) in [5, 5.41) is 4.32. The topological polar surface area (TPSA) is 75.2 Å². The Balaban J connectivity index is 2.35. The molecule has 0 saturated heterocycles. The first-order chi connectivity index (χ1) is 9.67. The number of aromatic nitrogens is 3. The number of pyridine rings is 1. The van der Waals surface area contributed by atoms with E-state index in [-0.39, 0.29) is 6.23 Å². The third-order valence-corrected chi connectivity index (χ3v) is 2.91. The van der Waals surface area contributed by atoms with Crippen molar-refractivity contribution in [3.63, 3.8) is 0 Å². The second-order valence-corrected chi connectivity index (χ2v) is 4.27. The van der Waals surface area contributed by atoms with Crippen LogP contribution in [0.1, 0.15) is 27.0 Å². The van der Waals surface area contributed by atoms with E-state index in [0.717, 1.165) is 11.1 Å². The van der Waals surface area contributed by atoms with Crippen molar-refractivity contribution in [3.05, 3.63) is 24.7 Å². The summed E-state index contributed by atoms with van der Waals surface area (Å²) >= 11 is 0. The molecule has 6 heteroatoms. The van der Waals surface area contributed by atoms with E-state index < -0.39 is 0 Å². The highest BCUT2D eigenvalue weighted by Crippen LogP contribution is 2.33. The smallest absolute Gasteiger partial charge is 0.169 e. The molecule has 0 aromatic carbocycles. The molecule has 0 spiro atoms. The van der Waals surface area contributed by atoms with Crippen LogP contribution < -0.4 is 10.5 Å². The molecule has 1 unspecified atom stereocenters. The fourth-order valence-corrected chi connectivity index (χ4v) is 1.98. The van der Waals surface area contributed by atoms with Gasteiger partial charge in [-0.1, -0.05) is 0 Å². The van der Waals surface area contributed by atoms with E-state index in [4.69, 9.17) is 15.2 Å². The second kappa shape index (κ2) is 6.38. The van der Waals surface area contributed by atoms with Crippen LogP contribution in [-0.2, 0) is 4.74 Å². The highest BCUT2D eigenvalue weighted by molar-refractivity contribution is 5.74. The molecule has 0 aliphatic carbocycles. The minimum Gasteiger partial charge on any atom is -0.489 e. The van der Waals surface area contributed by atoms with E-state index in [1.807, 2.05) is 33.0 Å². The number of anilines is 1. The standard InChI is InChI=1S/C14H20N4O2/c1-4-19-10(3)18-9-11(8-17-18)12-6-7-16-14(15)13(12)20-5-2/h6-10H,4-5H2,1-3H3,(H2,15,16). The monoisotopic (exact) mass is 276 g/mol. The minimum atomic E-state index is -0.108. The molecule has 6 nitrogen and oxygen atoms in total. The van der Waals surface area contributed by atoms with E-state index >= 15 is 0 Å². The van der Waals surface area contributed by atoms with Crippen molar-refractivity contribution in [2.75, 3.05) is 18.9 Å². The normalized spacial score (nSPS) is 12.3. The van der Waals surface area contributed by atoms with Gasteiger partial charge in [-0.05, 0) is 26.8 Å². The Morgan fingerprint density at radius 3 is 2.85 bits per heavy atom. The number of nitrogen functional groups attached to an aromatic ring is 1. The second-order valence-electron chi connectivity index (χ2n) is 4.27. The molecule has 0 aliphatic heterocycles. The van der Waals surface area contributed by atoms with Crippen molar-refractivity contribution < 1.29 is 9.47 Å². The number of nitrogens with two attached hydrogens (primary N) is 1. The Kier molecular flexibility index (Phi) is 4.57.